The molecule has 5 heteroatoms. The second-order valence-electron chi connectivity index (χ2n) is 4.02. The summed E-state index contributed by atoms with van der Waals surface area (Å²) >= 11 is 3.16. The summed E-state index contributed by atoms with van der Waals surface area (Å²) in [5.41, 5.74) is 6.30. The Morgan fingerprint density at radius 1 is 1.53 bits per heavy atom. The van der Waals surface area contributed by atoms with Crippen LogP contribution in [0.5, 0.6) is 0 Å². The lowest BCUT2D eigenvalue weighted by molar-refractivity contribution is 0.143. The van der Waals surface area contributed by atoms with Crippen LogP contribution in [0.4, 0.5) is 10.1 Å². The molecule has 17 heavy (non-hydrogen) atoms. The molecule has 0 saturated carbocycles. The molecule has 96 valence electrons. The third kappa shape index (κ3) is 3.66. The average molecular weight is 305 g/mol. The summed E-state index contributed by atoms with van der Waals surface area (Å²) in [7, 11) is 1.64. The van der Waals surface area contributed by atoms with Gasteiger partial charge in [-0.15, -0.1) is 0 Å². The van der Waals surface area contributed by atoms with Crippen LogP contribution in [0, 0.1) is 5.82 Å². The Morgan fingerprint density at radius 2 is 2.24 bits per heavy atom. The van der Waals surface area contributed by atoms with Crippen LogP contribution in [0.15, 0.2) is 22.7 Å². The average Bonchev–Trinajstić information content (AvgIpc) is 2.33. The minimum absolute atomic E-state index is 0.280. The van der Waals surface area contributed by atoms with Gasteiger partial charge in [0.25, 0.3) is 0 Å². The summed E-state index contributed by atoms with van der Waals surface area (Å²) in [5.74, 6) is -0.280. The van der Waals surface area contributed by atoms with Crippen molar-refractivity contribution >= 4 is 21.6 Å². The Hall–Kier alpha value is -0.650. The molecular formula is C12H18BrFN2O. The first-order valence-electron chi connectivity index (χ1n) is 5.49. The van der Waals surface area contributed by atoms with Crippen LogP contribution in [-0.4, -0.2) is 25.8 Å². The molecule has 1 unspecified atom stereocenters. The normalized spacial score (nSPS) is 14.4. The fourth-order valence-corrected chi connectivity index (χ4v) is 2.02. The Labute approximate surface area is 110 Å². The molecular weight excluding hydrogens is 287 g/mol. The molecule has 0 fully saturated rings. The molecule has 3 N–H and O–H groups in total. The lowest BCUT2D eigenvalue weighted by Gasteiger charge is -2.33. The van der Waals surface area contributed by atoms with E-state index in [1.54, 1.807) is 19.2 Å². The van der Waals surface area contributed by atoms with E-state index >= 15 is 0 Å². The molecule has 0 spiro atoms. The number of hydrogen-bond donors (Lipinski definition) is 2. The number of ether oxygens (including phenoxy) is 1. The zero-order valence-corrected chi connectivity index (χ0v) is 11.7. The van der Waals surface area contributed by atoms with Crippen molar-refractivity contribution in [2.24, 2.45) is 5.73 Å². The van der Waals surface area contributed by atoms with Crippen molar-refractivity contribution in [3.05, 3.63) is 28.5 Å². The third-order valence-electron chi connectivity index (χ3n) is 2.82. The van der Waals surface area contributed by atoms with Gasteiger partial charge in [-0.25, -0.2) is 4.39 Å². The number of hydrogen-bond acceptors (Lipinski definition) is 3. The highest BCUT2D eigenvalue weighted by Gasteiger charge is 2.26. The second-order valence-corrected chi connectivity index (χ2v) is 4.88. The molecule has 0 aliphatic rings. The van der Waals surface area contributed by atoms with Crippen LogP contribution in [0.25, 0.3) is 0 Å². The summed E-state index contributed by atoms with van der Waals surface area (Å²) in [6.07, 6.45) is 0.826. The molecule has 0 amide bonds. The molecule has 1 aromatic carbocycles. The van der Waals surface area contributed by atoms with E-state index in [1.165, 1.54) is 6.07 Å². The van der Waals surface area contributed by atoms with Crippen molar-refractivity contribution in [3.63, 3.8) is 0 Å². The monoisotopic (exact) mass is 304 g/mol. The predicted molar refractivity (Wildman–Crippen MR) is 71.7 cm³/mol. The summed E-state index contributed by atoms with van der Waals surface area (Å²) < 4.78 is 18.7. The van der Waals surface area contributed by atoms with Gasteiger partial charge in [0.05, 0.1) is 16.6 Å². The van der Waals surface area contributed by atoms with E-state index in [9.17, 15) is 4.39 Å². The van der Waals surface area contributed by atoms with Crippen LogP contribution < -0.4 is 11.1 Å². The van der Waals surface area contributed by atoms with Gasteiger partial charge < -0.3 is 15.8 Å². The molecule has 1 aromatic rings. The van der Waals surface area contributed by atoms with Crippen molar-refractivity contribution in [1.82, 2.24) is 0 Å². The van der Waals surface area contributed by atoms with Crippen molar-refractivity contribution < 1.29 is 9.13 Å². The van der Waals surface area contributed by atoms with E-state index in [0.29, 0.717) is 17.6 Å². The maximum absolute atomic E-state index is 13.1. The Bertz CT molecular complexity index is 370. The molecule has 0 saturated heterocycles. The van der Waals surface area contributed by atoms with Crippen LogP contribution in [0.1, 0.15) is 13.3 Å². The van der Waals surface area contributed by atoms with Crippen LogP contribution >= 0.6 is 15.9 Å². The van der Waals surface area contributed by atoms with Crippen molar-refractivity contribution in [2.45, 2.75) is 18.9 Å². The lowest BCUT2D eigenvalue weighted by Crippen LogP contribution is -2.48. The van der Waals surface area contributed by atoms with Gasteiger partial charge in [0.1, 0.15) is 5.82 Å². The third-order valence-corrected chi connectivity index (χ3v) is 3.42. The molecule has 0 aliphatic carbocycles. The Morgan fingerprint density at radius 3 is 2.71 bits per heavy atom. The molecule has 0 radical (unpaired) electrons. The van der Waals surface area contributed by atoms with E-state index in [1.807, 2.05) is 6.92 Å². The zero-order chi connectivity index (χ0) is 12.9. The molecule has 3 nitrogen and oxygen atoms in total. The SMILES string of the molecule is CCC(CN)(COC)Nc1ccc(F)c(Br)c1. The summed E-state index contributed by atoms with van der Waals surface area (Å²) in [5, 5.41) is 3.31. The van der Waals surface area contributed by atoms with Gasteiger partial charge in [0.2, 0.25) is 0 Å². The highest BCUT2D eigenvalue weighted by atomic mass is 79.9. The van der Waals surface area contributed by atoms with Crippen LogP contribution in [0.3, 0.4) is 0 Å². The smallest absolute Gasteiger partial charge is 0.137 e. The number of nitrogens with one attached hydrogen (secondary N) is 1. The molecule has 0 bridgehead atoms. The number of anilines is 1. The first-order chi connectivity index (χ1) is 8.06. The number of halogens is 2. The minimum Gasteiger partial charge on any atom is -0.382 e. The molecule has 0 aromatic heterocycles. The summed E-state index contributed by atoms with van der Waals surface area (Å²) in [6.45, 7) is 3.00. The molecule has 0 aliphatic heterocycles. The van der Waals surface area contributed by atoms with Gasteiger partial charge >= 0.3 is 0 Å². The van der Waals surface area contributed by atoms with Crippen molar-refractivity contribution in [2.75, 3.05) is 25.6 Å². The van der Waals surface area contributed by atoms with E-state index in [4.69, 9.17) is 10.5 Å². The first kappa shape index (κ1) is 14.4. The highest BCUT2D eigenvalue weighted by Crippen LogP contribution is 2.24. The fraction of sp³-hybridized carbons (Fsp3) is 0.500. The maximum atomic E-state index is 13.1. The molecule has 1 atom stereocenters. The summed E-state index contributed by atoms with van der Waals surface area (Å²) in [6, 6.07) is 4.80. The first-order valence-corrected chi connectivity index (χ1v) is 6.28. The van der Waals surface area contributed by atoms with Gasteiger partial charge in [0.15, 0.2) is 0 Å². The van der Waals surface area contributed by atoms with E-state index in [0.717, 1.165) is 12.1 Å². The number of benzene rings is 1. The molecule has 1 rings (SSSR count). The van der Waals surface area contributed by atoms with Gasteiger partial charge in [-0.3, -0.25) is 0 Å². The van der Waals surface area contributed by atoms with Gasteiger partial charge in [-0.1, -0.05) is 6.92 Å². The Balaban J connectivity index is 2.89. The van der Waals surface area contributed by atoms with E-state index in [-0.39, 0.29) is 11.4 Å². The highest BCUT2D eigenvalue weighted by molar-refractivity contribution is 9.10. The summed E-state index contributed by atoms with van der Waals surface area (Å²) in [4.78, 5) is 0. The largest absolute Gasteiger partial charge is 0.382 e. The standard InChI is InChI=1S/C12H18BrFN2O/c1-3-12(7-15,8-17-2)16-9-4-5-11(14)10(13)6-9/h4-6,16H,3,7-8,15H2,1-2H3. The quantitative estimate of drug-likeness (QED) is 0.849. The van der Waals surface area contributed by atoms with E-state index < -0.39 is 0 Å². The Kier molecular flexibility index (Phi) is 5.36. The minimum atomic E-state index is -0.313. The van der Waals surface area contributed by atoms with Crippen LogP contribution in [0.2, 0.25) is 0 Å². The van der Waals surface area contributed by atoms with Gasteiger partial charge in [-0.2, -0.15) is 0 Å². The number of rotatable bonds is 6. The van der Waals surface area contributed by atoms with Gasteiger partial charge in [0, 0.05) is 19.3 Å². The topological polar surface area (TPSA) is 47.3 Å². The van der Waals surface area contributed by atoms with Crippen LogP contribution in [-0.2, 0) is 4.74 Å². The number of nitrogens with two attached hydrogens (primary N) is 1. The molecule has 0 heterocycles. The van der Waals surface area contributed by atoms with Crippen molar-refractivity contribution in [3.8, 4) is 0 Å². The van der Waals surface area contributed by atoms with Crippen molar-refractivity contribution in [1.29, 1.82) is 0 Å². The second kappa shape index (κ2) is 6.33. The maximum Gasteiger partial charge on any atom is 0.137 e. The van der Waals surface area contributed by atoms with Gasteiger partial charge in [-0.05, 0) is 40.5 Å². The zero-order valence-electron chi connectivity index (χ0n) is 10.1. The van der Waals surface area contributed by atoms with E-state index in [2.05, 4.69) is 21.2 Å². The fourth-order valence-electron chi connectivity index (χ4n) is 1.64. The predicted octanol–water partition coefficient (Wildman–Crippen LogP) is 2.75. The lowest BCUT2D eigenvalue weighted by atomic mass is 9.97. The number of methoxy groups -OCH3 is 1.